The number of aromatic nitrogens is 3. The summed E-state index contributed by atoms with van der Waals surface area (Å²) in [6.07, 6.45) is 6.44. The van der Waals surface area contributed by atoms with E-state index >= 15 is 0 Å². The number of aryl methyl sites for hydroxylation is 1. The molecule has 0 radical (unpaired) electrons. The van der Waals surface area contributed by atoms with Crippen LogP contribution in [0.15, 0.2) is 41.7 Å². The fourth-order valence-corrected chi connectivity index (χ4v) is 4.48. The number of hydrogen-bond donors (Lipinski definition) is 3. The smallest absolute Gasteiger partial charge is 0.212 e. The minimum Gasteiger partial charge on any atom is -0.496 e. The van der Waals surface area contributed by atoms with Crippen molar-refractivity contribution < 1.29 is 9.47 Å². The number of fused-ring (bicyclic) bond motifs is 1. The Kier molecular flexibility index (Phi) is 5.53. The molecule has 2 aliphatic rings. The number of ether oxygens (including phenoxy) is 2. The Morgan fingerprint density at radius 1 is 1.32 bits per heavy atom. The Hall–Kier alpha value is -3.43. The molecule has 5 rings (SSSR count). The van der Waals surface area contributed by atoms with E-state index in [-0.39, 0.29) is 5.41 Å². The van der Waals surface area contributed by atoms with Crippen molar-refractivity contribution in [3.8, 4) is 16.9 Å². The highest BCUT2D eigenvalue weighted by Gasteiger charge is 2.35. The van der Waals surface area contributed by atoms with Gasteiger partial charge in [-0.25, -0.2) is 9.98 Å². The molecule has 0 bridgehead atoms. The lowest BCUT2D eigenvalue weighted by atomic mass is 9.90. The highest BCUT2D eigenvalue weighted by molar-refractivity contribution is 5.94. The Labute approximate surface area is 199 Å². The normalized spacial score (nSPS) is 23.4. The topological polar surface area (TPSA) is 112 Å². The second-order valence-corrected chi connectivity index (χ2v) is 9.42. The van der Waals surface area contributed by atoms with Gasteiger partial charge in [0.15, 0.2) is 0 Å². The van der Waals surface area contributed by atoms with Crippen LogP contribution in [-0.2, 0) is 17.6 Å². The van der Waals surface area contributed by atoms with Gasteiger partial charge in [-0.15, -0.1) is 0 Å². The molecule has 1 saturated heterocycles. The van der Waals surface area contributed by atoms with Crippen molar-refractivity contribution in [3.05, 3.63) is 53.5 Å². The fourth-order valence-electron chi connectivity index (χ4n) is 4.48. The standard InChI is InChI=1S/C25H31N7O2/c1-16-19(13-30-32(16)3)17-5-6-20(21(11-17)33-4)25(26)29-12-18-7-9-27-23(22(18)31-25)28-14-24(2)8-10-34-15-24/h5-7,9,11-13,31H,8,10,14-15,26H2,1-4H3,(H,27,28). The lowest BCUT2D eigenvalue weighted by Crippen LogP contribution is -2.45. The monoisotopic (exact) mass is 461 g/mol. The molecule has 9 nitrogen and oxygen atoms in total. The Balaban J connectivity index is 1.46. The van der Waals surface area contributed by atoms with Crippen LogP contribution in [-0.4, -0.2) is 47.8 Å². The summed E-state index contributed by atoms with van der Waals surface area (Å²) in [4.78, 5) is 9.25. The van der Waals surface area contributed by atoms with Gasteiger partial charge in [0.05, 0.1) is 31.2 Å². The van der Waals surface area contributed by atoms with Gasteiger partial charge >= 0.3 is 0 Å². The van der Waals surface area contributed by atoms with Crippen molar-refractivity contribution >= 4 is 17.7 Å². The predicted molar refractivity (Wildman–Crippen MR) is 133 cm³/mol. The molecule has 4 heterocycles. The number of aliphatic imine (C=N–C) groups is 1. The van der Waals surface area contributed by atoms with E-state index in [2.05, 4.69) is 32.6 Å². The Bertz CT molecular complexity index is 1250. The van der Waals surface area contributed by atoms with Gasteiger partial charge in [-0.2, -0.15) is 5.10 Å². The summed E-state index contributed by atoms with van der Waals surface area (Å²) in [5, 5.41) is 11.3. The number of rotatable bonds is 6. The third-order valence-electron chi connectivity index (χ3n) is 6.85. The lowest BCUT2D eigenvalue weighted by molar-refractivity contribution is 0.164. The molecule has 1 aromatic carbocycles. The van der Waals surface area contributed by atoms with Gasteiger partial charge < -0.3 is 20.1 Å². The number of nitrogens with two attached hydrogens (primary N) is 1. The molecule has 3 aromatic rings. The summed E-state index contributed by atoms with van der Waals surface area (Å²) >= 11 is 0. The average molecular weight is 462 g/mol. The van der Waals surface area contributed by atoms with Gasteiger partial charge in [0, 0.05) is 54.8 Å². The summed E-state index contributed by atoms with van der Waals surface area (Å²) in [6.45, 7) is 6.56. The maximum atomic E-state index is 6.83. The Morgan fingerprint density at radius 3 is 2.88 bits per heavy atom. The summed E-state index contributed by atoms with van der Waals surface area (Å²) < 4.78 is 13.2. The molecule has 0 aliphatic carbocycles. The molecule has 9 heteroatoms. The van der Waals surface area contributed by atoms with Crippen LogP contribution in [0, 0.1) is 12.3 Å². The first-order valence-corrected chi connectivity index (χ1v) is 11.4. The molecular formula is C25H31N7O2. The molecule has 2 atom stereocenters. The summed E-state index contributed by atoms with van der Waals surface area (Å²) in [5.41, 5.74) is 12.5. The van der Waals surface area contributed by atoms with Crippen LogP contribution in [0.2, 0.25) is 0 Å². The lowest BCUT2D eigenvalue weighted by Gasteiger charge is -2.34. The molecule has 4 N–H and O–H groups in total. The maximum Gasteiger partial charge on any atom is 0.212 e. The van der Waals surface area contributed by atoms with Gasteiger partial charge in [0.2, 0.25) is 5.79 Å². The first-order valence-electron chi connectivity index (χ1n) is 11.4. The number of nitrogens with one attached hydrogen (secondary N) is 2. The van der Waals surface area contributed by atoms with E-state index in [4.69, 9.17) is 15.2 Å². The number of methoxy groups -OCH3 is 1. The van der Waals surface area contributed by atoms with E-state index in [9.17, 15) is 0 Å². The van der Waals surface area contributed by atoms with Gasteiger partial charge in [0.25, 0.3) is 0 Å². The van der Waals surface area contributed by atoms with E-state index in [1.54, 1.807) is 19.5 Å². The van der Waals surface area contributed by atoms with Crippen LogP contribution >= 0.6 is 0 Å². The van der Waals surface area contributed by atoms with Crippen LogP contribution in [0.5, 0.6) is 5.75 Å². The first kappa shape index (κ1) is 22.4. The predicted octanol–water partition coefficient (Wildman–Crippen LogP) is 3.25. The number of nitrogens with zero attached hydrogens (tertiary/aromatic N) is 4. The van der Waals surface area contributed by atoms with Crippen molar-refractivity contribution in [3.63, 3.8) is 0 Å². The van der Waals surface area contributed by atoms with Crippen LogP contribution in [0.1, 0.15) is 30.2 Å². The number of benzene rings is 1. The van der Waals surface area contributed by atoms with Crippen molar-refractivity contribution in [2.45, 2.75) is 26.1 Å². The van der Waals surface area contributed by atoms with Crippen molar-refractivity contribution in [2.75, 3.05) is 37.5 Å². The van der Waals surface area contributed by atoms with E-state index in [1.165, 1.54) is 0 Å². The quantitative estimate of drug-likeness (QED) is 0.517. The fraction of sp³-hybridized carbons (Fsp3) is 0.400. The highest BCUT2D eigenvalue weighted by Crippen LogP contribution is 2.39. The maximum absolute atomic E-state index is 6.83. The SMILES string of the molecule is COc1cc(-c2cnn(C)c2C)ccc1C1(N)N=Cc2ccnc(NCC3(C)CCOC3)c2N1. The van der Waals surface area contributed by atoms with E-state index < -0.39 is 5.79 Å². The molecule has 178 valence electrons. The van der Waals surface area contributed by atoms with Crippen molar-refractivity contribution in [2.24, 2.45) is 23.2 Å². The second-order valence-electron chi connectivity index (χ2n) is 9.42. The van der Waals surface area contributed by atoms with Crippen LogP contribution in [0.25, 0.3) is 11.1 Å². The Morgan fingerprint density at radius 2 is 2.18 bits per heavy atom. The van der Waals surface area contributed by atoms with E-state index in [0.717, 1.165) is 65.6 Å². The summed E-state index contributed by atoms with van der Waals surface area (Å²) in [6, 6.07) is 7.87. The molecule has 0 saturated carbocycles. The number of pyridine rings is 1. The van der Waals surface area contributed by atoms with Crippen LogP contribution in [0.3, 0.4) is 0 Å². The molecule has 0 spiro atoms. The molecule has 1 fully saturated rings. The van der Waals surface area contributed by atoms with E-state index in [0.29, 0.717) is 5.75 Å². The second kappa shape index (κ2) is 8.41. The number of hydrogen-bond acceptors (Lipinski definition) is 8. The molecule has 2 aliphatic heterocycles. The molecule has 2 unspecified atom stereocenters. The van der Waals surface area contributed by atoms with Crippen LogP contribution in [0.4, 0.5) is 11.5 Å². The third-order valence-corrected chi connectivity index (χ3v) is 6.85. The third kappa shape index (κ3) is 3.91. The number of anilines is 2. The highest BCUT2D eigenvalue weighted by atomic mass is 16.5. The van der Waals surface area contributed by atoms with Gasteiger partial charge in [-0.3, -0.25) is 10.4 Å². The largest absolute Gasteiger partial charge is 0.496 e. The molecule has 34 heavy (non-hydrogen) atoms. The molecule has 0 amide bonds. The summed E-state index contributed by atoms with van der Waals surface area (Å²) in [5.74, 6) is 0.180. The van der Waals surface area contributed by atoms with Gasteiger partial charge in [-0.05, 0) is 37.1 Å². The minimum absolute atomic E-state index is 0.0798. The average Bonchev–Trinajstić information content (AvgIpc) is 3.43. The zero-order valence-corrected chi connectivity index (χ0v) is 20.1. The van der Waals surface area contributed by atoms with Crippen LogP contribution < -0.4 is 21.1 Å². The van der Waals surface area contributed by atoms with Crippen molar-refractivity contribution in [1.29, 1.82) is 0 Å². The molecule has 2 aromatic heterocycles. The van der Waals surface area contributed by atoms with Gasteiger partial charge in [0.1, 0.15) is 11.6 Å². The van der Waals surface area contributed by atoms with E-state index in [1.807, 2.05) is 49.1 Å². The zero-order valence-electron chi connectivity index (χ0n) is 20.1. The van der Waals surface area contributed by atoms with Crippen molar-refractivity contribution in [1.82, 2.24) is 14.8 Å². The minimum atomic E-state index is -1.21. The first-order chi connectivity index (χ1) is 16.3. The summed E-state index contributed by atoms with van der Waals surface area (Å²) in [7, 11) is 3.57. The van der Waals surface area contributed by atoms with Gasteiger partial charge in [-0.1, -0.05) is 13.0 Å². The zero-order chi connectivity index (χ0) is 23.9. The molecular weight excluding hydrogens is 430 g/mol.